The summed E-state index contributed by atoms with van der Waals surface area (Å²) in [5, 5.41) is 7.59. The standard InChI is InChI=1S/C14H23N5O/c1-12(2)19-14(16-11-17-19)10-18-6-4-13(9-18)8-15-5-7-20-3/h4,6,9,11-12,15H,5,7-8,10H2,1-3H3. The van der Waals surface area contributed by atoms with E-state index in [9.17, 15) is 0 Å². The Morgan fingerprint density at radius 2 is 2.25 bits per heavy atom. The molecule has 0 fully saturated rings. The fraction of sp³-hybridized carbons (Fsp3) is 0.571. The van der Waals surface area contributed by atoms with Crippen LogP contribution in [0.1, 0.15) is 31.3 Å². The van der Waals surface area contributed by atoms with Crippen LogP contribution in [0.25, 0.3) is 0 Å². The first kappa shape index (κ1) is 14.7. The second kappa shape index (κ2) is 7.21. The van der Waals surface area contributed by atoms with Crippen molar-refractivity contribution in [3.63, 3.8) is 0 Å². The Labute approximate surface area is 119 Å². The maximum absolute atomic E-state index is 5.00. The van der Waals surface area contributed by atoms with E-state index in [0.29, 0.717) is 6.04 Å². The van der Waals surface area contributed by atoms with Gasteiger partial charge in [-0.2, -0.15) is 5.10 Å². The van der Waals surface area contributed by atoms with Gasteiger partial charge in [-0.3, -0.25) is 0 Å². The third-order valence-electron chi connectivity index (χ3n) is 3.08. The molecule has 0 aliphatic rings. The molecule has 110 valence electrons. The zero-order chi connectivity index (χ0) is 14.4. The van der Waals surface area contributed by atoms with Gasteiger partial charge in [0.2, 0.25) is 0 Å². The van der Waals surface area contributed by atoms with Gasteiger partial charge in [0.15, 0.2) is 0 Å². The summed E-state index contributed by atoms with van der Waals surface area (Å²) in [7, 11) is 1.71. The molecule has 0 atom stereocenters. The van der Waals surface area contributed by atoms with Gasteiger partial charge in [-0.1, -0.05) is 0 Å². The number of aromatic nitrogens is 4. The van der Waals surface area contributed by atoms with Crippen LogP contribution in [0.5, 0.6) is 0 Å². The Morgan fingerprint density at radius 3 is 3.00 bits per heavy atom. The molecule has 0 spiro atoms. The molecule has 0 radical (unpaired) electrons. The molecule has 0 saturated heterocycles. The van der Waals surface area contributed by atoms with Crippen LogP contribution in [0.4, 0.5) is 0 Å². The quantitative estimate of drug-likeness (QED) is 0.742. The van der Waals surface area contributed by atoms with Crippen molar-refractivity contribution in [1.29, 1.82) is 0 Å². The van der Waals surface area contributed by atoms with Gasteiger partial charge in [-0.15, -0.1) is 0 Å². The molecule has 0 unspecified atom stereocenters. The lowest BCUT2D eigenvalue weighted by Crippen LogP contribution is -2.18. The summed E-state index contributed by atoms with van der Waals surface area (Å²) in [5.41, 5.74) is 1.26. The molecule has 6 heteroatoms. The number of rotatable bonds is 8. The summed E-state index contributed by atoms with van der Waals surface area (Å²) in [4.78, 5) is 4.33. The molecule has 6 nitrogen and oxygen atoms in total. The summed E-state index contributed by atoms with van der Waals surface area (Å²) in [5.74, 6) is 0.981. The summed E-state index contributed by atoms with van der Waals surface area (Å²) >= 11 is 0. The fourth-order valence-corrected chi connectivity index (χ4v) is 2.08. The number of hydrogen-bond donors (Lipinski definition) is 1. The highest BCUT2D eigenvalue weighted by Crippen LogP contribution is 2.08. The van der Waals surface area contributed by atoms with Crippen molar-refractivity contribution < 1.29 is 4.74 Å². The molecule has 0 aliphatic heterocycles. The van der Waals surface area contributed by atoms with Crippen LogP contribution in [0.3, 0.4) is 0 Å². The number of methoxy groups -OCH3 is 1. The zero-order valence-corrected chi connectivity index (χ0v) is 12.4. The van der Waals surface area contributed by atoms with E-state index in [-0.39, 0.29) is 0 Å². The van der Waals surface area contributed by atoms with E-state index in [0.717, 1.165) is 32.1 Å². The number of ether oxygens (including phenoxy) is 1. The molecule has 0 saturated carbocycles. The highest BCUT2D eigenvalue weighted by molar-refractivity contribution is 5.11. The molecule has 2 aromatic rings. The minimum Gasteiger partial charge on any atom is -0.383 e. The van der Waals surface area contributed by atoms with Gasteiger partial charge in [-0.05, 0) is 25.5 Å². The molecular formula is C14H23N5O. The largest absolute Gasteiger partial charge is 0.383 e. The van der Waals surface area contributed by atoms with E-state index in [1.54, 1.807) is 13.4 Å². The topological polar surface area (TPSA) is 56.9 Å². The third kappa shape index (κ3) is 3.91. The van der Waals surface area contributed by atoms with E-state index in [4.69, 9.17) is 4.74 Å². The van der Waals surface area contributed by atoms with E-state index in [2.05, 4.69) is 52.3 Å². The first-order valence-electron chi connectivity index (χ1n) is 6.93. The molecular weight excluding hydrogens is 254 g/mol. The number of nitrogens with zero attached hydrogens (tertiary/aromatic N) is 4. The van der Waals surface area contributed by atoms with E-state index in [1.807, 2.05) is 4.68 Å². The number of hydrogen-bond acceptors (Lipinski definition) is 4. The molecule has 0 bridgehead atoms. The van der Waals surface area contributed by atoms with Gasteiger partial charge in [0.05, 0.1) is 13.2 Å². The Kier molecular flexibility index (Phi) is 5.31. The first-order valence-corrected chi connectivity index (χ1v) is 6.93. The van der Waals surface area contributed by atoms with Crippen LogP contribution in [0.2, 0.25) is 0 Å². The Morgan fingerprint density at radius 1 is 1.40 bits per heavy atom. The molecule has 1 N–H and O–H groups in total. The minimum absolute atomic E-state index is 0.332. The summed E-state index contributed by atoms with van der Waals surface area (Å²) in [6, 6.07) is 2.45. The summed E-state index contributed by atoms with van der Waals surface area (Å²) in [6.07, 6.45) is 5.83. The second-order valence-corrected chi connectivity index (χ2v) is 5.08. The van der Waals surface area contributed by atoms with Gasteiger partial charge in [0.25, 0.3) is 0 Å². The molecule has 20 heavy (non-hydrogen) atoms. The maximum atomic E-state index is 5.00. The van der Waals surface area contributed by atoms with Gasteiger partial charge in [0, 0.05) is 38.6 Å². The smallest absolute Gasteiger partial charge is 0.147 e. The number of nitrogens with one attached hydrogen (secondary N) is 1. The lowest BCUT2D eigenvalue weighted by atomic mass is 10.3. The summed E-state index contributed by atoms with van der Waals surface area (Å²) in [6.45, 7) is 7.42. The van der Waals surface area contributed by atoms with E-state index in [1.165, 1.54) is 5.56 Å². The molecule has 2 aromatic heterocycles. The highest BCUT2D eigenvalue weighted by atomic mass is 16.5. The van der Waals surface area contributed by atoms with Gasteiger partial charge in [-0.25, -0.2) is 9.67 Å². The van der Waals surface area contributed by atoms with Crippen molar-refractivity contribution in [1.82, 2.24) is 24.6 Å². The van der Waals surface area contributed by atoms with Crippen LogP contribution in [0, 0.1) is 0 Å². The third-order valence-corrected chi connectivity index (χ3v) is 3.08. The van der Waals surface area contributed by atoms with Crippen molar-refractivity contribution in [3.05, 3.63) is 36.2 Å². The fourth-order valence-electron chi connectivity index (χ4n) is 2.08. The SMILES string of the molecule is COCCNCc1ccn(Cc2ncnn2C(C)C)c1. The Balaban J connectivity index is 1.90. The van der Waals surface area contributed by atoms with Crippen molar-refractivity contribution >= 4 is 0 Å². The molecule has 0 aromatic carbocycles. The lowest BCUT2D eigenvalue weighted by Gasteiger charge is -2.09. The van der Waals surface area contributed by atoms with E-state index >= 15 is 0 Å². The predicted molar refractivity (Wildman–Crippen MR) is 77.5 cm³/mol. The maximum Gasteiger partial charge on any atom is 0.147 e. The Hall–Kier alpha value is -1.66. The molecule has 2 rings (SSSR count). The zero-order valence-electron chi connectivity index (χ0n) is 12.4. The van der Waals surface area contributed by atoms with Gasteiger partial charge < -0.3 is 14.6 Å². The van der Waals surface area contributed by atoms with Crippen LogP contribution in [-0.4, -0.2) is 39.6 Å². The van der Waals surface area contributed by atoms with Crippen molar-refractivity contribution in [2.24, 2.45) is 0 Å². The highest BCUT2D eigenvalue weighted by Gasteiger charge is 2.08. The van der Waals surface area contributed by atoms with Crippen LogP contribution < -0.4 is 5.32 Å². The average molecular weight is 277 g/mol. The van der Waals surface area contributed by atoms with Gasteiger partial charge >= 0.3 is 0 Å². The second-order valence-electron chi connectivity index (χ2n) is 5.08. The van der Waals surface area contributed by atoms with Gasteiger partial charge in [0.1, 0.15) is 12.2 Å². The van der Waals surface area contributed by atoms with Crippen molar-refractivity contribution in [2.45, 2.75) is 33.0 Å². The minimum atomic E-state index is 0.332. The average Bonchev–Trinajstić information content (AvgIpc) is 3.04. The van der Waals surface area contributed by atoms with Crippen LogP contribution in [-0.2, 0) is 17.8 Å². The predicted octanol–water partition coefficient (Wildman–Crippen LogP) is 1.44. The molecule has 0 amide bonds. The van der Waals surface area contributed by atoms with Crippen LogP contribution >= 0.6 is 0 Å². The normalized spacial score (nSPS) is 11.4. The molecule has 0 aliphatic carbocycles. The Bertz CT molecular complexity index is 517. The van der Waals surface area contributed by atoms with E-state index < -0.39 is 0 Å². The summed E-state index contributed by atoms with van der Waals surface area (Å²) < 4.78 is 9.10. The van der Waals surface area contributed by atoms with Crippen molar-refractivity contribution in [3.8, 4) is 0 Å². The first-order chi connectivity index (χ1) is 9.70. The van der Waals surface area contributed by atoms with Crippen molar-refractivity contribution in [2.75, 3.05) is 20.3 Å². The lowest BCUT2D eigenvalue weighted by molar-refractivity contribution is 0.199. The molecule has 2 heterocycles. The monoisotopic (exact) mass is 277 g/mol. The van der Waals surface area contributed by atoms with Crippen LogP contribution in [0.15, 0.2) is 24.8 Å².